The van der Waals surface area contributed by atoms with Gasteiger partial charge < -0.3 is 14.0 Å². The number of aryl methyl sites for hydroxylation is 1. The number of benzene rings is 2. The van der Waals surface area contributed by atoms with E-state index in [0.717, 1.165) is 36.0 Å². The molecule has 0 saturated carbocycles. The van der Waals surface area contributed by atoms with Crippen LogP contribution >= 0.6 is 0 Å². The highest BCUT2D eigenvalue weighted by Gasteiger charge is 2.10. The van der Waals surface area contributed by atoms with Crippen molar-refractivity contribution in [2.45, 2.75) is 26.3 Å². The fourth-order valence-electron chi connectivity index (χ4n) is 2.84. The summed E-state index contributed by atoms with van der Waals surface area (Å²) in [5, 5.41) is 0. The van der Waals surface area contributed by atoms with E-state index in [4.69, 9.17) is 9.47 Å². The number of unbranched alkanes of at least 4 members (excludes halogenated alkanes) is 1. The molecule has 0 radical (unpaired) electrons. The monoisotopic (exact) mass is 337 g/mol. The molecular formula is C20H23N3O2. The maximum Gasteiger partial charge on any atom is 0.230 e. The lowest BCUT2D eigenvalue weighted by atomic mass is 10.2. The number of hydrogen-bond donors (Lipinski definition) is 0. The van der Waals surface area contributed by atoms with Crippen molar-refractivity contribution in [2.75, 3.05) is 14.2 Å². The van der Waals surface area contributed by atoms with Gasteiger partial charge in [-0.3, -0.25) is 0 Å². The second-order valence-corrected chi connectivity index (χ2v) is 5.75. The van der Waals surface area contributed by atoms with Crippen LogP contribution in [0.4, 0.5) is 5.95 Å². The highest BCUT2D eigenvalue weighted by molar-refractivity contribution is 5.87. The van der Waals surface area contributed by atoms with E-state index in [1.807, 2.05) is 36.4 Å². The van der Waals surface area contributed by atoms with Crippen LogP contribution in [0.15, 0.2) is 47.5 Å². The van der Waals surface area contributed by atoms with Crippen LogP contribution in [0, 0.1) is 0 Å². The molecule has 0 spiro atoms. The molecule has 1 heterocycles. The number of aliphatic imine (C=N–C) groups is 1. The number of ether oxygens (including phenoxy) is 2. The van der Waals surface area contributed by atoms with Crippen LogP contribution in [0.2, 0.25) is 0 Å². The minimum atomic E-state index is 0.671. The third-order valence-corrected chi connectivity index (χ3v) is 4.12. The predicted octanol–water partition coefficient (Wildman–Crippen LogP) is 4.60. The lowest BCUT2D eigenvalue weighted by Crippen LogP contribution is -1.98. The van der Waals surface area contributed by atoms with Crippen LogP contribution < -0.4 is 9.47 Å². The summed E-state index contributed by atoms with van der Waals surface area (Å²) in [4.78, 5) is 9.31. The Balaban J connectivity index is 2.01. The van der Waals surface area contributed by atoms with Gasteiger partial charge in [-0.1, -0.05) is 31.5 Å². The molecule has 2 aromatic carbocycles. The molecule has 5 nitrogen and oxygen atoms in total. The summed E-state index contributed by atoms with van der Waals surface area (Å²) in [6.07, 6.45) is 4.00. The largest absolute Gasteiger partial charge is 0.493 e. The summed E-state index contributed by atoms with van der Waals surface area (Å²) in [5.74, 6) is 2.07. The molecule has 130 valence electrons. The first kappa shape index (κ1) is 17.0. The zero-order chi connectivity index (χ0) is 17.6. The fraction of sp³-hybridized carbons (Fsp3) is 0.300. The topological polar surface area (TPSA) is 48.6 Å². The van der Waals surface area contributed by atoms with E-state index >= 15 is 0 Å². The van der Waals surface area contributed by atoms with Gasteiger partial charge in [-0.2, -0.15) is 0 Å². The van der Waals surface area contributed by atoms with Crippen molar-refractivity contribution >= 4 is 23.2 Å². The number of rotatable bonds is 7. The smallest absolute Gasteiger partial charge is 0.230 e. The molecule has 3 aromatic rings. The molecular weight excluding hydrogens is 314 g/mol. The molecule has 25 heavy (non-hydrogen) atoms. The maximum atomic E-state index is 5.47. The van der Waals surface area contributed by atoms with Crippen molar-refractivity contribution < 1.29 is 9.47 Å². The standard InChI is InChI=1S/C20H23N3O2/c1-4-5-13-23-17-11-7-6-10-16(17)22-20(23)21-14-15-9-8-12-18(24-2)19(15)25-3/h6-12,14H,4-5,13H2,1-3H3. The van der Waals surface area contributed by atoms with E-state index in [0.29, 0.717) is 17.4 Å². The highest BCUT2D eigenvalue weighted by atomic mass is 16.5. The lowest BCUT2D eigenvalue weighted by Gasteiger charge is -2.09. The Hall–Kier alpha value is -2.82. The van der Waals surface area contributed by atoms with E-state index in [-0.39, 0.29) is 0 Å². The fourth-order valence-corrected chi connectivity index (χ4v) is 2.84. The van der Waals surface area contributed by atoms with Crippen molar-refractivity contribution in [3.63, 3.8) is 0 Å². The quantitative estimate of drug-likeness (QED) is 0.592. The number of nitrogens with zero attached hydrogens (tertiary/aromatic N) is 3. The van der Waals surface area contributed by atoms with Crippen LogP contribution in [0.25, 0.3) is 11.0 Å². The van der Waals surface area contributed by atoms with E-state index in [1.54, 1.807) is 20.4 Å². The van der Waals surface area contributed by atoms with Gasteiger partial charge in [-0.15, -0.1) is 0 Å². The number of hydrogen-bond acceptors (Lipinski definition) is 4. The van der Waals surface area contributed by atoms with Gasteiger partial charge in [-0.05, 0) is 30.7 Å². The molecule has 0 amide bonds. The molecule has 0 N–H and O–H groups in total. The summed E-state index contributed by atoms with van der Waals surface area (Å²) in [7, 11) is 3.26. The molecule has 0 aliphatic rings. The number of imidazole rings is 1. The Morgan fingerprint density at radius 1 is 1.08 bits per heavy atom. The van der Waals surface area contributed by atoms with Crippen molar-refractivity contribution in [3.8, 4) is 11.5 Å². The SMILES string of the molecule is CCCCn1c(N=Cc2cccc(OC)c2OC)nc2ccccc21. The van der Waals surface area contributed by atoms with Crippen LogP contribution in [0.3, 0.4) is 0 Å². The maximum absolute atomic E-state index is 5.47. The molecule has 0 atom stereocenters. The molecule has 0 aliphatic heterocycles. The van der Waals surface area contributed by atoms with Crippen LogP contribution in [0.5, 0.6) is 11.5 Å². The van der Waals surface area contributed by atoms with Gasteiger partial charge in [0, 0.05) is 18.3 Å². The molecule has 1 aromatic heterocycles. The van der Waals surface area contributed by atoms with Gasteiger partial charge in [0.2, 0.25) is 5.95 Å². The first-order chi connectivity index (χ1) is 12.3. The van der Waals surface area contributed by atoms with E-state index in [1.165, 1.54) is 0 Å². The van der Waals surface area contributed by atoms with Gasteiger partial charge in [0.25, 0.3) is 0 Å². The Labute approximate surface area is 147 Å². The van der Waals surface area contributed by atoms with Gasteiger partial charge in [-0.25, -0.2) is 9.98 Å². The van der Waals surface area contributed by atoms with Gasteiger partial charge in [0.05, 0.1) is 25.3 Å². The van der Waals surface area contributed by atoms with Crippen molar-refractivity contribution in [1.29, 1.82) is 0 Å². The lowest BCUT2D eigenvalue weighted by molar-refractivity contribution is 0.354. The molecule has 5 heteroatoms. The Morgan fingerprint density at radius 3 is 2.68 bits per heavy atom. The van der Waals surface area contributed by atoms with Crippen LogP contribution in [0.1, 0.15) is 25.3 Å². The average Bonchev–Trinajstić information content (AvgIpc) is 3.01. The first-order valence-electron chi connectivity index (χ1n) is 8.48. The summed E-state index contributed by atoms with van der Waals surface area (Å²) >= 11 is 0. The predicted molar refractivity (Wildman–Crippen MR) is 101 cm³/mol. The minimum absolute atomic E-state index is 0.671. The van der Waals surface area contributed by atoms with E-state index in [9.17, 15) is 0 Å². The number of aromatic nitrogens is 2. The zero-order valence-electron chi connectivity index (χ0n) is 14.9. The summed E-state index contributed by atoms with van der Waals surface area (Å²) in [6.45, 7) is 3.09. The summed E-state index contributed by atoms with van der Waals surface area (Å²) < 4.78 is 13.0. The molecule has 0 unspecified atom stereocenters. The summed E-state index contributed by atoms with van der Waals surface area (Å²) in [5.41, 5.74) is 2.93. The number of para-hydroxylation sites is 3. The zero-order valence-corrected chi connectivity index (χ0v) is 14.9. The molecule has 0 aliphatic carbocycles. The van der Waals surface area contributed by atoms with Gasteiger partial charge >= 0.3 is 0 Å². The molecule has 0 bridgehead atoms. The molecule has 3 rings (SSSR count). The van der Waals surface area contributed by atoms with E-state index in [2.05, 4.69) is 27.5 Å². The van der Waals surface area contributed by atoms with Gasteiger partial charge in [0.15, 0.2) is 11.5 Å². The second-order valence-electron chi connectivity index (χ2n) is 5.75. The van der Waals surface area contributed by atoms with E-state index < -0.39 is 0 Å². The molecule has 0 saturated heterocycles. The third-order valence-electron chi connectivity index (χ3n) is 4.12. The Morgan fingerprint density at radius 2 is 1.92 bits per heavy atom. The Kier molecular flexibility index (Phi) is 5.33. The highest BCUT2D eigenvalue weighted by Crippen LogP contribution is 2.30. The number of methoxy groups -OCH3 is 2. The third kappa shape index (κ3) is 3.50. The first-order valence-corrected chi connectivity index (χ1v) is 8.48. The normalized spacial score (nSPS) is 11.3. The average molecular weight is 337 g/mol. The van der Waals surface area contributed by atoms with Gasteiger partial charge in [0.1, 0.15) is 0 Å². The molecule has 0 fully saturated rings. The summed E-state index contributed by atoms with van der Waals surface area (Å²) in [6, 6.07) is 13.9. The second kappa shape index (κ2) is 7.83. The van der Waals surface area contributed by atoms with Crippen LogP contribution in [-0.2, 0) is 6.54 Å². The van der Waals surface area contributed by atoms with Crippen molar-refractivity contribution in [2.24, 2.45) is 4.99 Å². The Bertz CT molecular complexity index is 884. The van der Waals surface area contributed by atoms with Crippen LogP contribution in [-0.4, -0.2) is 30.0 Å². The van der Waals surface area contributed by atoms with Crippen molar-refractivity contribution in [1.82, 2.24) is 9.55 Å². The number of fused-ring (bicyclic) bond motifs is 1. The minimum Gasteiger partial charge on any atom is -0.493 e. The van der Waals surface area contributed by atoms with Crippen molar-refractivity contribution in [3.05, 3.63) is 48.0 Å².